The van der Waals surface area contributed by atoms with Crippen LogP contribution in [0.4, 0.5) is 22.0 Å². The van der Waals surface area contributed by atoms with Crippen LogP contribution >= 0.6 is 0 Å². The molecule has 5 rings (SSSR count). The zero-order valence-electron chi connectivity index (χ0n) is 24.2. The number of imidazole rings is 1. The van der Waals surface area contributed by atoms with E-state index < -0.39 is 54.1 Å². The summed E-state index contributed by atoms with van der Waals surface area (Å²) in [6.07, 6.45) is -0.931. The van der Waals surface area contributed by atoms with E-state index in [1.54, 1.807) is 6.07 Å². The van der Waals surface area contributed by atoms with Crippen molar-refractivity contribution in [3.05, 3.63) is 41.1 Å². The van der Waals surface area contributed by atoms with E-state index in [4.69, 9.17) is 14.1 Å². The molecule has 240 valence electrons. The highest BCUT2D eigenvalue weighted by atomic mass is 19.4. The fraction of sp³-hybridized carbons (Fsp3) is 0.630. The summed E-state index contributed by atoms with van der Waals surface area (Å²) in [6, 6.07) is -0.254. The summed E-state index contributed by atoms with van der Waals surface area (Å²) in [4.78, 5) is 30.2. The molecule has 17 heteroatoms. The van der Waals surface area contributed by atoms with Crippen LogP contribution < -0.4 is 10.6 Å². The molecule has 2 amide bonds. The quantitative estimate of drug-likeness (QED) is 0.267. The third-order valence-corrected chi connectivity index (χ3v) is 7.73. The van der Waals surface area contributed by atoms with Gasteiger partial charge in [-0.05, 0) is 43.8 Å². The summed E-state index contributed by atoms with van der Waals surface area (Å²) >= 11 is 0. The summed E-state index contributed by atoms with van der Waals surface area (Å²) in [7, 11) is 1.43. The topological polar surface area (TPSA) is 146 Å². The maximum Gasteiger partial charge on any atom is 0.416 e. The van der Waals surface area contributed by atoms with Gasteiger partial charge in [0.05, 0.1) is 43.4 Å². The van der Waals surface area contributed by atoms with Crippen LogP contribution in [0.3, 0.4) is 0 Å². The summed E-state index contributed by atoms with van der Waals surface area (Å²) < 4.78 is 83.6. The minimum atomic E-state index is -4.69. The maximum atomic E-state index is 13.5. The second-order valence-corrected chi connectivity index (χ2v) is 11.8. The average Bonchev–Trinajstić information content (AvgIpc) is 3.48. The molecule has 2 saturated carbocycles. The van der Waals surface area contributed by atoms with Gasteiger partial charge >= 0.3 is 6.18 Å². The van der Waals surface area contributed by atoms with Crippen molar-refractivity contribution in [1.29, 1.82) is 0 Å². The van der Waals surface area contributed by atoms with Crippen molar-refractivity contribution in [3.8, 4) is 0 Å². The number of alkyl halides is 5. The number of carbonyl (C=O) groups excluding carboxylic acids is 2. The van der Waals surface area contributed by atoms with Crippen molar-refractivity contribution in [1.82, 2.24) is 35.5 Å². The Morgan fingerprint density at radius 3 is 2.50 bits per heavy atom. The smallest absolute Gasteiger partial charge is 0.382 e. The average molecular weight is 630 g/mol. The van der Waals surface area contributed by atoms with Gasteiger partial charge in [-0.15, -0.1) is 0 Å². The largest absolute Gasteiger partial charge is 0.416 e. The number of ether oxygens (including phenoxy) is 2. The second-order valence-electron chi connectivity index (χ2n) is 11.8. The van der Waals surface area contributed by atoms with Gasteiger partial charge in [-0.25, -0.2) is 22.9 Å². The molecule has 0 spiro atoms. The third kappa shape index (κ3) is 7.14. The summed E-state index contributed by atoms with van der Waals surface area (Å²) in [5.74, 6) is -4.26. The molecule has 2 aliphatic carbocycles. The van der Waals surface area contributed by atoms with Gasteiger partial charge in [-0.3, -0.25) is 9.59 Å². The number of hydrogen-bond acceptors (Lipinski definition) is 9. The van der Waals surface area contributed by atoms with Crippen LogP contribution in [0.1, 0.15) is 91.4 Å². The van der Waals surface area contributed by atoms with Gasteiger partial charge in [0, 0.05) is 37.9 Å². The molecule has 3 aromatic rings. The van der Waals surface area contributed by atoms with Crippen LogP contribution in [0.25, 0.3) is 5.65 Å². The Morgan fingerprint density at radius 2 is 1.86 bits per heavy atom. The summed E-state index contributed by atoms with van der Waals surface area (Å²) in [6.45, 7) is 1.20. The van der Waals surface area contributed by atoms with E-state index >= 15 is 0 Å². The zero-order chi connectivity index (χ0) is 31.9. The number of halogens is 5. The second kappa shape index (κ2) is 12.0. The van der Waals surface area contributed by atoms with E-state index in [0.717, 1.165) is 26.7 Å². The van der Waals surface area contributed by atoms with Crippen molar-refractivity contribution in [3.63, 3.8) is 0 Å². The van der Waals surface area contributed by atoms with E-state index in [-0.39, 0.29) is 48.8 Å². The lowest BCUT2D eigenvalue weighted by molar-refractivity contribution is -0.265. The molecular formula is C27H32F5N7O5. The molecule has 0 bridgehead atoms. The number of hydrogen-bond donors (Lipinski definition) is 2. The first-order valence-electron chi connectivity index (χ1n) is 14.0. The molecule has 0 aliphatic heterocycles. The lowest BCUT2D eigenvalue weighted by Gasteiger charge is -2.34. The minimum Gasteiger partial charge on any atom is -0.382 e. The normalized spacial score (nSPS) is 18.5. The number of aromatic nitrogens is 5. The monoisotopic (exact) mass is 629 g/mol. The van der Waals surface area contributed by atoms with Gasteiger partial charge in [0.1, 0.15) is 5.69 Å². The van der Waals surface area contributed by atoms with Crippen LogP contribution in [0.2, 0.25) is 0 Å². The number of nitrogens with one attached hydrogen (secondary N) is 2. The standard InChI is InChI=1S/C27H32F5N7O5/c1-25(2,27(30,31)32)43-13-19(36-24(41)23-22(15-4-5-15)37-44-38-23)17-11-39-20(34-17)7-16(10-33-39)18(12-42-3)35-21(40)6-14-8-26(28,29)9-14/h7,10-11,14-15,18-19H,4-6,8-9,12-13H2,1-3H3,(H,35,40)(H,36,41)/t18-,19+/m1/s1. The molecule has 0 aromatic carbocycles. The highest BCUT2D eigenvalue weighted by Gasteiger charge is 2.49. The first kappa shape index (κ1) is 31.7. The first-order chi connectivity index (χ1) is 20.7. The van der Waals surface area contributed by atoms with Crippen LogP contribution in [0, 0.1) is 5.92 Å². The molecule has 0 saturated heterocycles. The Kier molecular flexibility index (Phi) is 8.63. The molecule has 0 radical (unpaired) electrons. The molecule has 2 fully saturated rings. The Morgan fingerprint density at radius 1 is 1.14 bits per heavy atom. The number of amides is 2. The molecule has 0 unspecified atom stereocenters. The molecule has 3 aromatic heterocycles. The molecule has 12 nitrogen and oxygen atoms in total. The van der Waals surface area contributed by atoms with Gasteiger partial charge in [0.15, 0.2) is 16.9 Å². The van der Waals surface area contributed by atoms with Crippen molar-refractivity contribution in [2.24, 2.45) is 5.92 Å². The van der Waals surface area contributed by atoms with Gasteiger partial charge in [-0.1, -0.05) is 5.16 Å². The first-order valence-corrected chi connectivity index (χ1v) is 14.0. The lowest BCUT2D eigenvalue weighted by Crippen LogP contribution is -2.44. The van der Waals surface area contributed by atoms with Crippen molar-refractivity contribution in [2.75, 3.05) is 20.3 Å². The van der Waals surface area contributed by atoms with Crippen molar-refractivity contribution in [2.45, 2.75) is 81.7 Å². The molecule has 3 heterocycles. The number of nitrogens with zero attached hydrogens (tertiary/aromatic N) is 5. The molecular weight excluding hydrogens is 597 g/mol. The maximum absolute atomic E-state index is 13.5. The Labute approximate surface area is 248 Å². The fourth-order valence-corrected chi connectivity index (χ4v) is 4.88. The highest BCUT2D eigenvalue weighted by Crippen LogP contribution is 2.44. The fourth-order valence-electron chi connectivity index (χ4n) is 4.88. The van der Waals surface area contributed by atoms with E-state index in [1.807, 2.05) is 0 Å². The predicted molar refractivity (Wildman–Crippen MR) is 141 cm³/mol. The van der Waals surface area contributed by atoms with Gasteiger partial charge in [0.2, 0.25) is 11.8 Å². The number of carbonyl (C=O) groups is 2. The van der Waals surface area contributed by atoms with E-state index in [1.165, 1.54) is 24.0 Å². The van der Waals surface area contributed by atoms with Gasteiger partial charge in [0.25, 0.3) is 5.91 Å². The Balaban J connectivity index is 1.36. The predicted octanol–water partition coefficient (Wildman–Crippen LogP) is 4.06. The van der Waals surface area contributed by atoms with Crippen LogP contribution in [0.5, 0.6) is 0 Å². The third-order valence-electron chi connectivity index (χ3n) is 7.73. The zero-order valence-corrected chi connectivity index (χ0v) is 24.2. The van der Waals surface area contributed by atoms with Crippen molar-refractivity contribution >= 4 is 17.5 Å². The minimum absolute atomic E-state index is 0.0221. The molecule has 44 heavy (non-hydrogen) atoms. The van der Waals surface area contributed by atoms with Crippen LogP contribution in [-0.4, -0.2) is 74.7 Å². The highest BCUT2D eigenvalue weighted by molar-refractivity contribution is 5.93. The van der Waals surface area contributed by atoms with E-state index in [2.05, 4.69) is 31.0 Å². The molecule has 2 aliphatic rings. The lowest BCUT2D eigenvalue weighted by atomic mass is 9.79. The molecule has 2 N–H and O–H groups in total. The number of rotatable bonds is 13. The van der Waals surface area contributed by atoms with E-state index in [9.17, 15) is 31.5 Å². The number of methoxy groups -OCH3 is 1. The number of fused-ring (bicyclic) bond motifs is 1. The Bertz CT molecular complexity index is 1500. The molecule has 2 atom stereocenters. The summed E-state index contributed by atoms with van der Waals surface area (Å²) in [5, 5.41) is 17.2. The Hall–Kier alpha value is -3.73. The van der Waals surface area contributed by atoms with Crippen LogP contribution in [-0.2, 0) is 14.3 Å². The van der Waals surface area contributed by atoms with E-state index in [0.29, 0.717) is 11.3 Å². The summed E-state index contributed by atoms with van der Waals surface area (Å²) in [5.41, 5.74) is -1.35. The van der Waals surface area contributed by atoms with Crippen molar-refractivity contribution < 1.29 is 45.6 Å². The SMILES string of the molecule is COC[C@@H](NC(=O)CC1CC(F)(F)C1)c1cnn2cc([C@H](COC(C)(C)C(F)(F)F)NC(=O)c3nonc3C3CC3)nc2c1. The van der Waals surface area contributed by atoms with Gasteiger partial charge < -0.3 is 20.1 Å². The van der Waals surface area contributed by atoms with Crippen LogP contribution in [0.15, 0.2) is 23.1 Å². The van der Waals surface area contributed by atoms with Gasteiger partial charge in [-0.2, -0.15) is 18.3 Å².